The van der Waals surface area contributed by atoms with Crippen LogP contribution in [0.15, 0.2) is 54.9 Å². The van der Waals surface area contributed by atoms with E-state index >= 15 is 0 Å². The van der Waals surface area contributed by atoms with Gasteiger partial charge in [0.15, 0.2) is 0 Å². The molecule has 27 heavy (non-hydrogen) atoms. The SMILES string of the molecule is COc1ccccc1/C=C/CN1C[C@H]2CCC[C@@H](C1)C2(O)c1cccnc1. The molecule has 4 nitrogen and oxygen atoms in total. The summed E-state index contributed by atoms with van der Waals surface area (Å²) in [5.41, 5.74) is 1.36. The van der Waals surface area contributed by atoms with Crippen molar-refractivity contribution in [2.45, 2.75) is 24.9 Å². The molecular weight excluding hydrogens is 336 g/mol. The third-order valence-corrected chi connectivity index (χ3v) is 6.23. The Morgan fingerprint density at radius 2 is 1.96 bits per heavy atom. The summed E-state index contributed by atoms with van der Waals surface area (Å²) in [6.45, 7) is 2.75. The number of fused-ring (bicyclic) bond motifs is 2. The van der Waals surface area contributed by atoms with Gasteiger partial charge in [0.25, 0.3) is 0 Å². The molecule has 1 aliphatic heterocycles. The Morgan fingerprint density at radius 1 is 1.19 bits per heavy atom. The van der Waals surface area contributed by atoms with Crippen molar-refractivity contribution in [2.24, 2.45) is 11.8 Å². The highest BCUT2D eigenvalue weighted by Crippen LogP contribution is 2.48. The first kappa shape index (κ1) is 18.2. The highest BCUT2D eigenvalue weighted by molar-refractivity contribution is 5.57. The number of likely N-dealkylation sites (tertiary alicyclic amines) is 1. The number of rotatable bonds is 5. The highest BCUT2D eigenvalue weighted by atomic mass is 16.5. The van der Waals surface area contributed by atoms with Crippen molar-refractivity contribution in [2.75, 3.05) is 26.7 Å². The standard InChI is InChI=1S/C23H28N2O2/c1-27-22-12-3-2-7-18(22)8-6-14-25-16-20-9-4-10-21(17-25)23(20,26)19-11-5-13-24-15-19/h2-3,5-8,11-13,15,20-21,26H,4,9-10,14,16-17H2,1H3/b8-6+/t20-,21+,23?. The van der Waals surface area contributed by atoms with E-state index in [1.165, 1.54) is 6.42 Å². The van der Waals surface area contributed by atoms with Crippen LogP contribution in [0.2, 0.25) is 0 Å². The maximum absolute atomic E-state index is 11.6. The summed E-state index contributed by atoms with van der Waals surface area (Å²) in [5, 5.41) is 11.6. The Balaban J connectivity index is 1.47. The van der Waals surface area contributed by atoms with Crippen LogP contribution < -0.4 is 4.74 Å². The number of hydrogen-bond acceptors (Lipinski definition) is 4. The van der Waals surface area contributed by atoms with Gasteiger partial charge in [0.2, 0.25) is 0 Å². The molecule has 3 atom stereocenters. The van der Waals surface area contributed by atoms with Gasteiger partial charge in [0.1, 0.15) is 5.75 Å². The second kappa shape index (κ2) is 7.83. The summed E-state index contributed by atoms with van der Waals surface area (Å²) < 4.78 is 5.42. The van der Waals surface area contributed by atoms with Crippen molar-refractivity contribution < 1.29 is 9.84 Å². The number of pyridine rings is 1. The predicted molar refractivity (Wildman–Crippen MR) is 107 cm³/mol. The molecule has 4 rings (SSSR count). The quantitative estimate of drug-likeness (QED) is 0.878. The van der Waals surface area contributed by atoms with E-state index < -0.39 is 5.60 Å². The van der Waals surface area contributed by atoms with Crippen LogP contribution in [0.1, 0.15) is 30.4 Å². The van der Waals surface area contributed by atoms with Crippen LogP contribution in [0.5, 0.6) is 5.75 Å². The zero-order valence-electron chi connectivity index (χ0n) is 15.9. The lowest BCUT2D eigenvalue weighted by atomic mass is 9.63. The Bertz CT molecular complexity index is 776. The van der Waals surface area contributed by atoms with Crippen LogP contribution in [0.4, 0.5) is 0 Å². The van der Waals surface area contributed by atoms with Gasteiger partial charge in [-0.05, 0) is 25.0 Å². The highest BCUT2D eigenvalue weighted by Gasteiger charge is 2.51. The third kappa shape index (κ3) is 3.52. The van der Waals surface area contributed by atoms with Crippen LogP contribution in [0.3, 0.4) is 0 Å². The van der Waals surface area contributed by atoms with Crippen LogP contribution in [0, 0.1) is 11.8 Å². The molecule has 4 heteroatoms. The van der Waals surface area contributed by atoms with Crippen molar-refractivity contribution in [1.29, 1.82) is 0 Å². The first-order chi connectivity index (χ1) is 13.2. The van der Waals surface area contributed by atoms with Crippen LogP contribution in [-0.4, -0.2) is 41.7 Å². The molecule has 1 saturated heterocycles. The van der Waals surface area contributed by atoms with Crippen LogP contribution in [-0.2, 0) is 5.60 Å². The molecule has 1 aromatic heterocycles. The average molecular weight is 364 g/mol. The second-order valence-electron chi connectivity index (χ2n) is 7.75. The summed E-state index contributed by atoms with van der Waals surface area (Å²) in [5.74, 6) is 1.44. The molecule has 2 aliphatic rings. The molecule has 1 N–H and O–H groups in total. The first-order valence-electron chi connectivity index (χ1n) is 9.86. The minimum absolute atomic E-state index is 0.272. The maximum Gasteiger partial charge on any atom is 0.126 e. The fraction of sp³-hybridized carbons (Fsp3) is 0.435. The van der Waals surface area contributed by atoms with Crippen molar-refractivity contribution in [3.05, 3.63) is 66.0 Å². The average Bonchev–Trinajstić information content (AvgIpc) is 2.69. The van der Waals surface area contributed by atoms with Gasteiger partial charge in [-0.2, -0.15) is 0 Å². The van der Waals surface area contributed by atoms with Gasteiger partial charge in [0.05, 0.1) is 12.7 Å². The molecule has 2 fully saturated rings. The zero-order chi connectivity index (χ0) is 18.7. The number of para-hydroxylation sites is 1. The first-order valence-corrected chi connectivity index (χ1v) is 9.86. The van der Waals surface area contributed by atoms with E-state index in [4.69, 9.17) is 4.74 Å². The predicted octanol–water partition coefficient (Wildman–Crippen LogP) is 3.72. The molecule has 2 aromatic rings. The van der Waals surface area contributed by atoms with Crippen molar-refractivity contribution in [1.82, 2.24) is 9.88 Å². The second-order valence-corrected chi connectivity index (χ2v) is 7.75. The number of hydrogen-bond donors (Lipinski definition) is 1. The maximum atomic E-state index is 11.6. The Hall–Kier alpha value is -2.17. The molecule has 0 radical (unpaired) electrons. The molecule has 1 aromatic carbocycles. The minimum atomic E-state index is -0.727. The number of nitrogens with zero attached hydrogens (tertiary/aromatic N) is 2. The molecule has 1 aliphatic carbocycles. The molecular formula is C23H28N2O2. The van der Waals surface area contributed by atoms with Gasteiger partial charge >= 0.3 is 0 Å². The van der Waals surface area contributed by atoms with E-state index in [0.717, 1.165) is 49.4 Å². The molecule has 2 bridgehead atoms. The monoisotopic (exact) mass is 364 g/mol. The summed E-state index contributed by atoms with van der Waals surface area (Å²) in [7, 11) is 1.71. The molecule has 2 heterocycles. The smallest absolute Gasteiger partial charge is 0.126 e. The Kier molecular flexibility index (Phi) is 5.28. The Labute approximate surface area is 161 Å². The number of aromatic nitrogens is 1. The number of ether oxygens (including phenoxy) is 1. The van der Waals surface area contributed by atoms with Gasteiger partial charge in [-0.25, -0.2) is 0 Å². The van der Waals surface area contributed by atoms with Crippen molar-refractivity contribution >= 4 is 6.08 Å². The molecule has 1 saturated carbocycles. The van der Waals surface area contributed by atoms with E-state index in [1.807, 2.05) is 36.5 Å². The zero-order valence-corrected chi connectivity index (χ0v) is 15.9. The van der Waals surface area contributed by atoms with Gasteiger partial charge in [-0.15, -0.1) is 0 Å². The summed E-state index contributed by atoms with van der Waals surface area (Å²) in [6.07, 6.45) is 11.3. The molecule has 0 spiro atoms. The number of methoxy groups -OCH3 is 1. The van der Waals surface area contributed by atoms with Gasteiger partial charge < -0.3 is 9.84 Å². The fourth-order valence-electron chi connectivity index (χ4n) is 4.90. The van der Waals surface area contributed by atoms with E-state index in [2.05, 4.69) is 28.1 Å². The fourth-order valence-corrected chi connectivity index (χ4v) is 4.90. The minimum Gasteiger partial charge on any atom is -0.496 e. The lowest BCUT2D eigenvalue weighted by molar-refractivity contribution is -0.145. The molecule has 0 amide bonds. The Morgan fingerprint density at radius 3 is 2.67 bits per heavy atom. The summed E-state index contributed by atoms with van der Waals surface area (Å²) >= 11 is 0. The van der Waals surface area contributed by atoms with Gasteiger partial charge in [0, 0.05) is 55.0 Å². The molecule has 1 unspecified atom stereocenters. The number of benzene rings is 1. The van der Waals surface area contributed by atoms with E-state index in [1.54, 1.807) is 13.3 Å². The van der Waals surface area contributed by atoms with E-state index in [9.17, 15) is 5.11 Å². The molecule has 142 valence electrons. The lowest BCUT2D eigenvalue weighted by Gasteiger charge is -2.53. The lowest BCUT2D eigenvalue weighted by Crippen LogP contribution is -2.58. The van der Waals surface area contributed by atoms with Crippen molar-refractivity contribution in [3.63, 3.8) is 0 Å². The van der Waals surface area contributed by atoms with Crippen LogP contribution >= 0.6 is 0 Å². The topological polar surface area (TPSA) is 45.6 Å². The number of aliphatic hydroxyl groups is 1. The van der Waals surface area contributed by atoms with Gasteiger partial charge in [-0.1, -0.05) is 42.8 Å². The summed E-state index contributed by atoms with van der Waals surface area (Å²) in [4.78, 5) is 6.73. The van der Waals surface area contributed by atoms with E-state index in [-0.39, 0.29) is 11.8 Å². The third-order valence-electron chi connectivity index (χ3n) is 6.23. The van der Waals surface area contributed by atoms with Crippen LogP contribution in [0.25, 0.3) is 6.08 Å². The van der Waals surface area contributed by atoms with Crippen molar-refractivity contribution in [3.8, 4) is 5.75 Å². The van der Waals surface area contributed by atoms with Gasteiger partial charge in [-0.3, -0.25) is 9.88 Å². The summed E-state index contributed by atoms with van der Waals surface area (Å²) in [6, 6.07) is 12.0. The normalized spacial score (nSPS) is 28.4. The number of piperidine rings is 1. The largest absolute Gasteiger partial charge is 0.496 e. The van der Waals surface area contributed by atoms with E-state index in [0.29, 0.717) is 0 Å².